The number of hydrogen-bond acceptors (Lipinski definition) is 2. The molecule has 2 aromatic carbocycles. The molecule has 0 spiro atoms. The van der Waals surface area contributed by atoms with Crippen LogP contribution in [-0.2, 0) is 16.4 Å². The monoisotopic (exact) mass is 601 g/mol. The predicted octanol–water partition coefficient (Wildman–Crippen LogP) is 9.70. The van der Waals surface area contributed by atoms with Gasteiger partial charge in [-0.25, -0.2) is 0 Å². The third-order valence-corrected chi connectivity index (χ3v) is 29.0. The average Bonchev–Trinajstić information content (AvgIpc) is 3.58. The van der Waals surface area contributed by atoms with Crippen molar-refractivity contribution in [3.8, 4) is 22.5 Å². The summed E-state index contributed by atoms with van der Waals surface area (Å²) < 4.78 is 0.826. The summed E-state index contributed by atoms with van der Waals surface area (Å²) in [5.41, 5.74) is 11.7. The van der Waals surface area contributed by atoms with Crippen molar-refractivity contribution >= 4 is 29.2 Å². The number of rotatable bonds is 5. The molecular weight excluding hydrogens is 574 g/mol. The number of halogens is 2. The van der Waals surface area contributed by atoms with Crippen molar-refractivity contribution in [3.05, 3.63) is 119 Å². The van der Waals surface area contributed by atoms with Crippen LogP contribution < -0.4 is 0 Å². The van der Waals surface area contributed by atoms with Gasteiger partial charge in [-0.1, -0.05) is 0 Å². The summed E-state index contributed by atoms with van der Waals surface area (Å²) in [5, 5.41) is 0. The maximum atomic E-state index is 8.03. The molecule has 2 aliphatic rings. The summed E-state index contributed by atoms with van der Waals surface area (Å²) >= 11 is -4.62. The molecule has 37 heavy (non-hydrogen) atoms. The Labute approximate surface area is 227 Å². The van der Waals surface area contributed by atoms with Gasteiger partial charge in [-0.2, -0.15) is 0 Å². The normalized spacial score (nSPS) is 18.9. The van der Waals surface area contributed by atoms with E-state index in [1.54, 1.807) is 0 Å². The molecule has 0 fully saturated rings. The van der Waals surface area contributed by atoms with Gasteiger partial charge in [0.25, 0.3) is 0 Å². The van der Waals surface area contributed by atoms with Crippen LogP contribution in [0.1, 0.15) is 47.6 Å². The Morgan fingerprint density at radius 1 is 0.676 bits per heavy atom. The fraction of sp³-hybridized carbons (Fsp3) is 0.188. The molecule has 2 aromatic heterocycles. The zero-order valence-electron chi connectivity index (χ0n) is 21.2. The van der Waals surface area contributed by atoms with E-state index in [4.69, 9.17) is 17.0 Å². The number of pyridine rings is 2. The zero-order valence-corrected chi connectivity index (χ0v) is 25.2. The topological polar surface area (TPSA) is 25.8 Å². The van der Waals surface area contributed by atoms with Crippen LogP contribution in [0.5, 0.6) is 0 Å². The Kier molecular flexibility index (Phi) is 6.18. The van der Waals surface area contributed by atoms with Crippen LogP contribution in [-0.4, -0.2) is 9.97 Å². The number of allylic oxidation sites excluding steroid dienone is 2. The van der Waals surface area contributed by atoms with Crippen molar-refractivity contribution < 1.29 is 16.4 Å². The molecule has 0 bridgehead atoms. The van der Waals surface area contributed by atoms with Gasteiger partial charge in [0.15, 0.2) is 0 Å². The van der Waals surface area contributed by atoms with E-state index in [1.807, 2.05) is 36.7 Å². The van der Waals surface area contributed by atoms with Crippen molar-refractivity contribution in [2.24, 2.45) is 0 Å². The molecule has 2 heterocycles. The Balaban J connectivity index is 1.52. The molecule has 2 nitrogen and oxygen atoms in total. The molecule has 6 rings (SSSR count). The number of aryl methyl sites for hydroxylation is 2. The summed E-state index contributed by atoms with van der Waals surface area (Å²) in [6.45, 7) is 6.56. The van der Waals surface area contributed by atoms with Gasteiger partial charge in [0.1, 0.15) is 0 Å². The van der Waals surface area contributed by atoms with E-state index >= 15 is 0 Å². The summed E-state index contributed by atoms with van der Waals surface area (Å²) in [6.07, 6.45) is 12.8. The third-order valence-electron chi connectivity index (χ3n) is 8.37. The second-order valence-electron chi connectivity index (χ2n) is 10.3. The van der Waals surface area contributed by atoms with Gasteiger partial charge < -0.3 is 0 Å². The van der Waals surface area contributed by atoms with Crippen LogP contribution >= 0.6 is 17.0 Å². The van der Waals surface area contributed by atoms with E-state index in [-0.39, 0.29) is 7.25 Å². The molecule has 5 heteroatoms. The molecule has 0 saturated carbocycles. The van der Waals surface area contributed by atoms with Crippen molar-refractivity contribution in [2.45, 2.75) is 32.2 Å². The van der Waals surface area contributed by atoms with E-state index in [2.05, 4.69) is 91.4 Å². The van der Waals surface area contributed by atoms with Gasteiger partial charge in [0, 0.05) is 0 Å². The second-order valence-corrected chi connectivity index (χ2v) is 33.5. The van der Waals surface area contributed by atoms with E-state index in [1.165, 1.54) is 33.4 Å². The number of fused-ring (bicyclic) bond motifs is 2. The van der Waals surface area contributed by atoms with Gasteiger partial charge >= 0.3 is 229 Å². The van der Waals surface area contributed by atoms with Gasteiger partial charge in [-0.3, -0.25) is 0 Å². The van der Waals surface area contributed by atoms with Crippen LogP contribution in [0, 0.1) is 13.8 Å². The number of benzene rings is 2. The van der Waals surface area contributed by atoms with Gasteiger partial charge in [-0.05, 0) is 0 Å². The SMILES string of the molecule is C[CH2][Zr]([Cl])([Cl])([CH]1C=Cc2c(-c3ccccn3)ccc(C)c21)[CH]1C=Cc2c(-c3ccccn3)ccc(C)c21. The third kappa shape index (κ3) is 3.85. The second kappa shape index (κ2) is 9.16. The average molecular weight is 604 g/mol. The van der Waals surface area contributed by atoms with Gasteiger partial charge in [0.05, 0.1) is 0 Å². The van der Waals surface area contributed by atoms with Crippen LogP contribution in [0.25, 0.3) is 34.7 Å². The van der Waals surface area contributed by atoms with Crippen molar-refractivity contribution in [1.82, 2.24) is 9.97 Å². The predicted molar refractivity (Wildman–Crippen MR) is 155 cm³/mol. The first-order valence-electron chi connectivity index (χ1n) is 12.9. The fourth-order valence-electron chi connectivity index (χ4n) is 6.36. The first kappa shape index (κ1) is 25.0. The molecule has 0 saturated heterocycles. The summed E-state index contributed by atoms with van der Waals surface area (Å²) in [6, 6.07) is 20.9. The van der Waals surface area contributed by atoms with Gasteiger partial charge in [-0.15, -0.1) is 0 Å². The molecule has 0 N–H and O–H groups in total. The molecule has 4 aromatic rings. The Morgan fingerprint density at radius 3 is 1.51 bits per heavy atom. The maximum absolute atomic E-state index is 8.03. The molecule has 2 unspecified atom stereocenters. The molecular formula is C32H29Cl2N2Zr. The number of nitrogens with zero attached hydrogens (tertiary/aromatic N) is 2. The Hall–Kier alpha value is -2.32. The molecule has 0 amide bonds. The summed E-state index contributed by atoms with van der Waals surface area (Å²) in [7, 11) is 16.1. The summed E-state index contributed by atoms with van der Waals surface area (Å²) in [5.74, 6) is 0. The van der Waals surface area contributed by atoms with Crippen molar-refractivity contribution in [2.75, 3.05) is 0 Å². The van der Waals surface area contributed by atoms with Gasteiger partial charge in [0.2, 0.25) is 0 Å². The standard InChI is InChI=1S/2C15H12N.C2H5.2ClH.Zr/c2*1-11-8-9-14(13-6-4-5-12(11)13)15-7-2-3-10-16-15;1-2;;;/h2*2-10H,1H3;1H2,2H3;2*1H;/q;;;;;+2/p-2. The minimum absolute atomic E-state index is 0.0203. The molecule has 185 valence electrons. The van der Waals surface area contributed by atoms with E-state index in [0.717, 1.165) is 26.6 Å². The van der Waals surface area contributed by atoms with Crippen LogP contribution in [0.15, 0.2) is 85.2 Å². The molecule has 0 aliphatic heterocycles. The number of hydrogen-bond donors (Lipinski definition) is 0. The number of aromatic nitrogens is 2. The Bertz CT molecular complexity index is 1460. The molecule has 2 aliphatic carbocycles. The quantitative estimate of drug-likeness (QED) is 0.227. The van der Waals surface area contributed by atoms with Crippen LogP contribution in [0.3, 0.4) is 0 Å². The fourth-order valence-corrected chi connectivity index (χ4v) is 21.0. The van der Waals surface area contributed by atoms with E-state index in [9.17, 15) is 0 Å². The summed E-state index contributed by atoms with van der Waals surface area (Å²) in [4.78, 5) is 9.28. The van der Waals surface area contributed by atoms with Crippen LogP contribution in [0.2, 0.25) is 4.13 Å². The zero-order chi connectivity index (χ0) is 25.8. The van der Waals surface area contributed by atoms with Crippen LogP contribution in [0.4, 0.5) is 0 Å². The van der Waals surface area contributed by atoms with Crippen molar-refractivity contribution in [1.29, 1.82) is 0 Å². The molecule has 2 atom stereocenters. The van der Waals surface area contributed by atoms with Crippen molar-refractivity contribution in [3.63, 3.8) is 0 Å². The molecule has 0 radical (unpaired) electrons. The first-order valence-corrected chi connectivity index (χ1v) is 23.8. The van der Waals surface area contributed by atoms with E-state index in [0.29, 0.717) is 0 Å². The Morgan fingerprint density at radius 2 is 1.14 bits per heavy atom. The minimum atomic E-state index is -4.62. The van der Waals surface area contributed by atoms with E-state index < -0.39 is 16.4 Å². The first-order chi connectivity index (χ1) is 17.8.